The summed E-state index contributed by atoms with van der Waals surface area (Å²) in [5, 5.41) is 3.47. The molecule has 15 heavy (non-hydrogen) atoms. The molecule has 0 aromatic heterocycles. The maximum atomic E-state index is 5.86. The van der Waals surface area contributed by atoms with Crippen LogP contribution in [-0.4, -0.2) is 24.8 Å². The summed E-state index contributed by atoms with van der Waals surface area (Å²) in [4.78, 5) is 0. The van der Waals surface area contributed by atoms with Gasteiger partial charge in [0, 0.05) is 18.7 Å². The van der Waals surface area contributed by atoms with Crippen molar-refractivity contribution in [1.82, 2.24) is 5.32 Å². The van der Waals surface area contributed by atoms with Crippen molar-refractivity contribution < 1.29 is 4.74 Å². The Bertz CT molecular complexity index is 168. The topological polar surface area (TPSA) is 21.3 Å². The monoisotopic (exact) mass is 213 g/mol. The maximum Gasteiger partial charge on any atom is 0.0671 e. The molecule has 90 valence electrons. The first kappa shape index (κ1) is 13.0. The van der Waals surface area contributed by atoms with Crippen molar-refractivity contribution in [2.75, 3.05) is 13.2 Å². The molecule has 1 rings (SSSR count). The van der Waals surface area contributed by atoms with Gasteiger partial charge in [-0.25, -0.2) is 0 Å². The van der Waals surface area contributed by atoms with Crippen molar-refractivity contribution >= 4 is 0 Å². The molecule has 0 bridgehead atoms. The summed E-state index contributed by atoms with van der Waals surface area (Å²) in [5.41, 5.74) is 0.199. The first-order valence-corrected chi connectivity index (χ1v) is 6.34. The number of nitrogens with one attached hydrogen (secondary N) is 1. The van der Waals surface area contributed by atoms with Crippen molar-refractivity contribution in [3.05, 3.63) is 0 Å². The Hall–Kier alpha value is -0.0800. The van der Waals surface area contributed by atoms with Gasteiger partial charge >= 0.3 is 0 Å². The third-order valence-electron chi connectivity index (χ3n) is 3.01. The van der Waals surface area contributed by atoms with E-state index in [9.17, 15) is 0 Å². The zero-order valence-corrected chi connectivity index (χ0v) is 10.8. The molecular weight excluding hydrogens is 186 g/mol. The van der Waals surface area contributed by atoms with E-state index in [0.717, 1.165) is 19.1 Å². The minimum Gasteiger partial charge on any atom is -0.377 e. The second-order valence-electron chi connectivity index (χ2n) is 5.93. The van der Waals surface area contributed by atoms with Crippen LogP contribution in [0.3, 0.4) is 0 Å². The van der Waals surface area contributed by atoms with E-state index >= 15 is 0 Å². The van der Waals surface area contributed by atoms with Crippen molar-refractivity contribution in [2.45, 2.75) is 65.0 Å². The van der Waals surface area contributed by atoms with Gasteiger partial charge in [-0.1, -0.05) is 12.8 Å². The van der Waals surface area contributed by atoms with E-state index in [4.69, 9.17) is 4.74 Å². The highest BCUT2D eigenvalue weighted by Crippen LogP contribution is 2.24. The van der Waals surface area contributed by atoms with Gasteiger partial charge in [0.05, 0.1) is 6.10 Å². The van der Waals surface area contributed by atoms with Gasteiger partial charge in [-0.2, -0.15) is 0 Å². The molecule has 0 amide bonds. The summed E-state index contributed by atoms with van der Waals surface area (Å²) in [6, 6.07) is 0. The van der Waals surface area contributed by atoms with Crippen LogP contribution in [0.1, 0.15) is 53.4 Å². The standard InChI is InChI=1S/C13H27NO/c1-11(9-14-13(2,3)4)15-10-12-7-5-6-8-12/h11-12,14H,5-10H2,1-4H3. The first-order valence-electron chi connectivity index (χ1n) is 6.34. The lowest BCUT2D eigenvalue weighted by molar-refractivity contribution is 0.0383. The maximum absolute atomic E-state index is 5.86. The molecule has 1 saturated carbocycles. The largest absolute Gasteiger partial charge is 0.377 e. The molecular formula is C13H27NO. The van der Waals surface area contributed by atoms with Gasteiger partial charge in [0.1, 0.15) is 0 Å². The Morgan fingerprint density at radius 1 is 1.27 bits per heavy atom. The quantitative estimate of drug-likeness (QED) is 0.758. The van der Waals surface area contributed by atoms with Crippen LogP contribution in [0.25, 0.3) is 0 Å². The van der Waals surface area contributed by atoms with E-state index in [1.165, 1.54) is 25.7 Å². The molecule has 0 aliphatic heterocycles. The van der Waals surface area contributed by atoms with Crippen LogP contribution in [0.15, 0.2) is 0 Å². The highest BCUT2D eigenvalue weighted by molar-refractivity contribution is 4.72. The molecule has 0 spiro atoms. The van der Waals surface area contributed by atoms with E-state index in [1.807, 2.05) is 0 Å². The fraction of sp³-hybridized carbons (Fsp3) is 1.00. The van der Waals surface area contributed by atoms with Crippen LogP contribution >= 0.6 is 0 Å². The molecule has 2 heteroatoms. The van der Waals surface area contributed by atoms with Gasteiger partial charge < -0.3 is 10.1 Å². The summed E-state index contributed by atoms with van der Waals surface area (Å²) in [6.45, 7) is 10.7. The highest BCUT2D eigenvalue weighted by atomic mass is 16.5. The minimum atomic E-state index is 0.199. The van der Waals surface area contributed by atoms with E-state index in [0.29, 0.717) is 6.10 Å². The van der Waals surface area contributed by atoms with E-state index in [1.54, 1.807) is 0 Å². The predicted molar refractivity (Wildman–Crippen MR) is 65.1 cm³/mol. The number of hydrogen-bond acceptors (Lipinski definition) is 2. The van der Waals surface area contributed by atoms with Gasteiger partial charge in [0.15, 0.2) is 0 Å². The molecule has 1 fully saturated rings. The molecule has 0 aromatic carbocycles. The molecule has 1 unspecified atom stereocenters. The van der Waals surface area contributed by atoms with E-state index in [2.05, 4.69) is 33.0 Å². The molecule has 1 aliphatic carbocycles. The zero-order chi connectivity index (χ0) is 11.3. The summed E-state index contributed by atoms with van der Waals surface area (Å²) in [7, 11) is 0. The van der Waals surface area contributed by atoms with Crippen LogP contribution in [0, 0.1) is 5.92 Å². The minimum absolute atomic E-state index is 0.199. The predicted octanol–water partition coefficient (Wildman–Crippen LogP) is 2.97. The molecule has 0 saturated heterocycles. The number of hydrogen-bond donors (Lipinski definition) is 1. The highest BCUT2D eigenvalue weighted by Gasteiger charge is 2.17. The van der Waals surface area contributed by atoms with E-state index in [-0.39, 0.29) is 5.54 Å². The van der Waals surface area contributed by atoms with Gasteiger partial charge in [0.2, 0.25) is 0 Å². The van der Waals surface area contributed by atoms with Crippen LogP contribution in [0.2, 0.25) is 0 Å². The van der Waals surface area contributed by atoms with Gasteiger partial charge in [-0.15, -0.1) is 0 Å². The van der Waals surface area contributed by atoms with Crippen molar-refractivity contribution in [3.63, 3.8) is 0 Å². The Balaban J connectivity index is 2.05. The van der Waals surface area contributed by atoms with Crippen LogP contribution in [0.5, 0.6) is 0 Å². The fourth-order valence-corrected chi connectivity index (χ4v) is 1.99. The molecule has 0 radical (unpaired) electrons. The Morgan fingerprint density at radius 3 is 2.40 bits per heavy atom. The fourth-order valence-electron chi connectivity index (χ4n) is 1.99. The smallest absolute Gasteiger partial charge is 0.0671 e. The van der Waals surface area contributed by atoms with Crippen molar-refractivity contribution in [3.8, 4) is 0 Å². The third kappa shape index (κ3) is 6.16. The molecule has 1 atom stereocenters. The number of rotatable bonds is 5. The van der Waals surface area contributed by atoms with E-state index < -0.39 is 0 Å². The van der Waals surface area contributed by atoms with Crippen LogP contribution in [-0.2, 0) is 4.74 Å². The normalized spacial score (nSPS) is 20.8. The SMILES string of the molecule is CC(CNC(C)(C)C)OCC1CCCC1. The summed E-state index contributed by atoms with van der Waals surface area (Å²) >= 11 is 0. The average molecular weight is 213 g/mol. The molecule has 1 N–H and O–H groups in total. The van der Waals surface area contributed by atoms with Crippen molar-refractivity contribution in [1.29, 1.82) is 0 Å². The lowest BCUT2D eigenvalue weighted by atomic mass is 10.1. The Labute approximate surface area is 94.8 Å². The molecule has 0 heterocycles. The van der Waals surface area contributed by atoms with Crippen LogP contribution < -0.4 is 5.32 Å². The molecule has 0 aromatic rings. The van der Waals surface area contributed by atoms with Crippen molar-refractivity contribution in [2.24, 2.45) is 5.92 Å². The third-order valence-corrected chi connectivity index (χ3v) is 3.01. The second-order valence-corrected chi connectivity index (χ2v) is 5.93. The molecule has 2 nitrogen and oxygen atoms in total. The van der Waals surface area contributed by atoms with Gasteiger partial charge in [0.25, 0.3) is 0 Å². The lowest BCUT2D eigenvalue weighted by Crippen LogP contribution is -2.41. The van der Waals surface area contributed by atoms with Gasteiger partial charge in [-0.3, -0.25) is 0 Å². The van der Waals surface area contributed by atoms with Gasteiger partial charge in [-0.05, 0) is 46.5 Å². The lowest BCUT2D eigenvalue weighted by Gasteiger charge is -2.24. The summed E-state index contributed by atoms with van der Waals surface area (Å²) in [6.07, 6.45) is 5.90. The molecule has 1 aliphatic rings. The van der Waals surface area contributed by atoms with Crippen LogP contribution in [0.4, 0.5) is 0 Å². The Kier molecular flexibility index (Phi) is 5.07. The average Bonchev–Trinajstić information content (AvgIpc) is 2.62. The summed E-state index contributed by atoms with van der Waals surface area (Å²) < 4.78 is 5.86. The first-order chi connectivity index (χ1) is 6.97. The Morgan fingerprint density at radius 2 is 1.87 bits per heavy atom. The number of ether oxygens (including phenoxy) is 1. The second kappa shape index (κ2) is 5.86. The summed E-state index contributed by atoms with van der Waals surface area (Å²) in [5.74, 6) is 0.835. The zero-order valence-electron chi connectivity index (χ0n) is 10.8.